The van der Waals surface area contributed by atoms with E-state index >= 15 is 0 Å². The van der Waals surface area contributed by atoms with Crippen LogP contribution in [0.2, 0.25) is 0 Å². The van der Waals surface area contributed by atoms with Gasteiger partial charge < -0.3 is 10.0 Å². The van der Waals surface area contributed by atoms with Gasteiger partial charge in [-0.1, -0.05) is 24.3 Å². The summed E-state index contributed by atoms with van der Waals surface area (Å²) in [5.74, 6) is -0.140. The van der Waals surface area contributed by atoms with Crippen molar-refractivity contribution in [1.29, 1.82) is 0 Å². The Hall–Kier alpha value is -2.24. The van der Waals surface area contributed by atoms with E-state index < -0.39 is 6.23 Å². The Labute approximate surface area is 131 Å². The van der Waals surface area contributed by atoms with Gasteiger partial charge in [0.25, 0.3) is 5.91 Å². The van der Waals surface area contributed by atoms with Crippen LogP contribution in [0.3, 0.4) is 0 Å². The second-order valence-corrected chi connectivity index (χ2v) is 6.59. The van der Waals surface area contributed by atoms with Crippen molar-refractivity contribution in [1.82, 2.24) is 9.88 Å². The predicted molar refractivity (Wildman–Crippen MR) is 85.6 cm³/mol. The fourth-order valence-electron chi connectivity index (χ4n) is 2.80. The summed E-state index contributed by atoms with van der Waals surface area (Å²) in [5, 5.41) is 11.2. The minimum absolute atomic E-state index is 0.140. The molecule has 110 valence electrons. The maximum absolute atomic E-state index is 12.4. The first-order valence-electron chi connectivity index (χ1n) is 7.07. The van der Waals surface area contributed by atoms with Gasteiger partial charge in [-0.05, 0) is 30.7 Å². The van der Waals surface area contributed by atoms with Crippen molar-refractivity contribution in [2.24, 2.45) is 0 Å². The molecular weight excluding hydrogens is 296 g/mol. The van der Waals surface area contributed by atoms with Gasteiger partial charge in [0, 0.05) is 11.1 Å². The average Bonchev–Trinajstić information content (AvgIpc) is 3.02. The largest absolute Gasteiger partial charge is 0.369 e. The van der Waals surface area contributed by atoms with Crippen LogP contribution in [-0.4, -0.2) is 20.9 Å². The molecule has 1 aromatic heterocycles. The van der Waals surface area contributed by atoms with E-state index in [9.17, 15) is 9.90 Å². The number of hydrogen-bond donors (Lipinski definition) is 1. The predicted octanol–water partition coefficient (Wildman–Crippen LogP) is 3.25. The SMILES string of the molecule is Cc1ccc2nc(CN3C(=O)c4ccccc4C3O)sc2c1. The summed E-state index contributed by atoms with van der Waals surface area (Å²) < 4.78 is 1.11. The highest BCUT2D eigenvalue weighted by molar-refractivity contribution is 7.18. The van der Waals surface area contributed by atoms with E-state index in [1.165, 1.54) is 10.5 Å². The van der Waals surface area contributed by atoms with E-state index in [0.717, 1.165) is 15.2 Å². The Morgan fingerprint density at radius 1 is 1.27 bits per heavy atom. The van der Waals surface area contributed by atoms with Crippen LogP contribution in [0, 0.1) is 6.92 Å². The maximum Gasteiger partial charge on any atom is 0.256 e. The van der Waals surface area contributed by atoms with E-state index in [0.29, 0.717) is 17.7 Å². The highest BCUT2D eigenvalue weighted by Crippen LogP contribution is 2.34. The summed E-state index contributed by atoms with van der Waals surface area (Å²) in [6.07, 6.45) is -0.891. The first kappa shape index (κ1) is 13.4. The second-order valence-electron chi connectivity index (χ2n) is 5.47. The fourth-order valence-corrected chi connectivity index (χ4v) is 3.87. The van der Waals surface area contributed by atoms with E-state index in [-0.39, 0.29) is 5.91 Å². The standard InChI is InChI=1S/C17H14N2O2S/c1-10-6-7-13-14(8-10)22-15(18-13)9-19-16(20)11-4-2-3-5-12(11)17(19)21/h2-8,16,20H,9H2,1H3. The number of carbonyl (C=O) groups is 1. The van der Waals surface area contributed by atoms with Gasteiger partial charge in [-0.15, -0.1) is 11.3 Å². The number of aryl methyl sites for hydroxylation is 1. The van der Waals surface area contributed by atoms with Gasteiger partial charge in [0.1, 0.15) is 5.01 Å². The minimum Gasteiger partial charge on any atom is -0.369 e. The summed E-state index contributed by atoms with van der Waals surface area (Å²) in [4.78, 5) is 18.5. The average molecular weight is 310 g/mol. The molecule has 0 bridgehead atoms. The van der Waals surface area contributed by atoms with Crippen molar-refractivity contribution in [2.45, 2.75) is 19.7 Å². The molecular formula is C17H14N2O2S. The zero-order valence-corrected chi connectivity index (χ0v) is 12.8. The Morgan fingerprint density at radius 3 is 2.91 bits per heavy atom. The highest BCUT2D eigenvalue weighted by atomic mass is 32.1. The van der Waals surface area contributed by atoms with Crippen LogP contribution in [0.4, 0.5) is 0 Å². The lowest BCUT2D eigenvalue weighted by Crippen LogP contribution is -2.27. The van der Waals surface area contributed by atoms with E-state index in [1.807, 2.05) is 31.2 Å². The molecule has 1 atom stereocenters. The molecule has 1 unspecified atom stereocenters. The van der Waals surface area contributed by atoms with Gasteiger partial charge >= 0.3 is 0 Å². The molecule has 0 aliphatic carbocycles. The molecule has 1 N–H and O–H groups in total. The number of aromatic nitrogens is 1. The third-order valence-electron chi connectivity index (χ3n) is 3.92. The molecule has 2 heterocycles. The lowest BCUT2D eigenvalue weighted by molar-refractivity contribution is 0.0137. The molecule has 5 heteroatoms. The lowest BCUT2D eigenvalue weighted by atomic mass is 10.1. The molecule has 1 amide bonds. The van der Waals surface area contributed by atoms with Crippen molar-refractivity contribution >= 4 is 27.5 Å². The number of carbonyl (C=O) groups excluding carboxylic acids is 1. The number of fused-ring (bicyclic) bond motifs is 2. The van der Waals surface area contributed by atoms with Crippen molar-refractivity contribution < 1.29 is 9.90 Å². The molecule has 0 fully saturated rings. The van der Waals surface area contributed by atoms with Crippen molar-refractivity contribution in [2.75, 3.05) is 0 Å². The van der Waals surface area contributed by atoms with Gasteiger partial charge in [0.05, 0.1) is 16.8 Å². The first-order chi connectivity index (χ1) is 10.6. The number of nitrogens with zero attached hydrogens (tertiary/aromatic N) is 2. The molecule has 0 saturated carbocycles. The molecule has 3 aromatic rings. The van der Waals surface area contributed by atoms with Crippen LogP contribution >= 0.6 is 11.3 Å². The molecule has 0 radical (unpaired) electrons. The Kier molecular flexibility index (Phi) is 2.99. The third-order valence-corrected chi connectivity index (χ3v) is 4.92. The van der Waals surface area contributed by atoms with Gasteiger partial charge in [-0.2, -0.15) is 0 Å². The number of rotatable bonds is 2. The quantitative estimate of drug-likeness (QED) is 0.790. The second kappa shape index (κ2) is 4.90. The van der Waals surface area contributed by atoms with Gasteiger partial charge in [-0.25, -0.2) is 4.98 Å². The summed E-state index contributed by atoms with van der Waals surface area (Å²) in [5.41, 5.74) is 3.37. The molecule has 4 rings (SSSR count). The number of thiazole rings is 1. The number of benzene rings is 2. The van der Waals surface area contributed by atoms with Crippen LogP contribution in [0.15, 0.2) is 42.5 Å². The van der Waals surface area contributed by atoms with Gasteiger partial charge in [0.2, 0.25) is 0 Å². The van der Waals surface area contributed by atoms with Crippen LogP contribution in [0.5, 0.6) is 0 Å². The summed E-state index contributed by atoms with van der Waals surface area (Å²) >= 11 is 1.56. The first-order valence-corrected chi connectivity index (χ1v) is 7.89. The van der Waals surface area contributed by atoms with Crippen LogP contribution in [0.1, 0.15) is 32.7 Å². The molecule has 22 heavy (non-hydrogen) atoms. The van der Waals surface area contributed by atoms with E-state index in [2.05, 4.69) is 11.1 Å². The summed E-state index contributed by atoms with van der Waals surface area (Å²) in [7, 11) is 0. The number of hydrogen-bond acceptors (Lipinski definition) is 4. The van der Waals surface area contributed by atoms with Crippen LogP contribution in [0.25, 0.3) is 10.2 Å². The zero-order valence-electron chi connectivity index (χ0n) is 12.0. The fraction of sp³-hybridized carbons (Fsp3) is 0.176. The van der Waals surface area contributed by atoms with E-state index in [4.69, 9.17) is 0 Å². The molecule has 4 nitrogen and oxygen atoms in total. The minimum atomic E-state index is -0.891. The third kappa shape index (κ3) is 2.01. The Balaban J connectivity index is 1.67. The monoisotopic (exact) mass is 310 g/mol. The van der Waals surface area contributed by atoms with Crippen LogP contribution in [-0.2, 0) is 6.54 Å². The number of amides is 1. The van der Waals surface area contributed by atoms with E-state index in [1.54, 1.807) is 23.5 Å². The zero-order chi connectivity index (χ0) is 15.3. The molecule has 2 aromatic carbocycles. The number of aliphatic hydroxyl groups is 1. The normalized spacial score (nSPS) is 17.3. The Bertz CT molecular complexity index is 887. The summed E-state index contributed by atoms with van der Waals surface area (Å²) in [6.45, 7) is 2.37. The highest BCUT2D eigenvalue weighted by Gasteiger charge is 2.35. The van der Waals surface area contributed by atoms with Crippen LogP contribution < -0.4 is 0 Å². The summed E-state index contributed by atoms with van der Waals surface area (Å²) in [6, 6.07) is 13.3. The maximum atomic E-state index is 12.4. The topological polar surface area (TPSA) is 53.4 Å². The molecule has 0 saturated heterocycles. The molecule has 1 aliphatic heterocycles. The smallest absolute Gasteiger partial charge is 0.256 e. The Morgan fingerprint density at radius 2 is 2.09 bits per heavy atom. The number of aliphatic hydroxyl groups excluding tert-OH is 1. The van der Waals surface area contributed by atoms with Crippen molar-refractivity contribution in [3.05, 3.63) is 64.2 Å². The molecule has 0 spiro atoms. The van der Waals surface area contributed by atoms with Crippen molar-refractivity contribution in [3.8, 4) is 0 Å². The lowest BCUT2D eigenvalue weighted by Gasteiger charge is -2.19. The van der Waals surface area contributed by atoms with Crippen molar-refractivity contribution in [3.63, 3.8) is 0 Å². The van der Waals surface area contributed by atoms with Gasteiger partial charge in [-0.3, -0.25) is 4.79 Å². The molecule has 1 aliphatic rings. The van der Waals surface area contributed by atoms with Gasteiger partial charge in [0.15, 0.2) is 6.23 Å².